The lowest BCUT2D eigenvalue weighted by Gasteiger charge is -1.99. The maximum Gasteiger partial charge on any atom is 0.282 e. The predicted octanol–water partition coefficient (Wildman–Crippen LogP) is 3.14. The number of aryl methyl sites for hydroxylation is 1. The molecule has 0 saturated heterocycles. The first-order valence-corrected chi connectivity index (χ1v) is 8.81. The molecule has 128 valence electrons. The number of hydrogen-bond donors (Lipinski definition) is 1. The van der Waals surface area contributed by atoms with E-state index < -0.39 is 4.92 Å². The van der Waals surface area contributed by atoms with Crippen LogP contribution in [-0.2, 0) is 4.79 Å². The van der Waals surface area contributed by atoms with Gasteiger partial charge in [0, 0.05) is 11.4 Å². The summed E-state index contributed by atoms with van der Waals surface area (Å²) in [6.07, 6.45) is 0. The molecule has 9 nitrogen and oxygen atoms in total. The number of hydrogen-bond acceptors (Lipinski definition) is 9. The van der Waals surface area contributed by atoms with Gasteiger partial charge in [-0.1, -0.05) is 23.9 Å². The number of amides is 1. The Hall–Kier alpha value is -2.79. The van der Waals surface area contributed by atoms with E-state index in [4.69, 9.17) is 4.42 Å². The normalized spacial score (nSPS) is 10.6. The SMILES string of the molecule is Cc1csc(NC(=O)CSc2nnc(-c3ccccc3[N+](=O)[O-])o2)n1. The second-order valence-electron chi connectivity index (χ2n) is 4.78. The second-order valence-corrected chi connectivity index (χ2v) is 6.56. The Morgan fingerprint density at radius 1 is 1.40 bits per heavy atom. The van der Waals surface area contributed by atoms with Crippen LogP contribution in [0.3, 0.4) is 0 Å². The molecule has 0 aliphatic carbocycles. The van der Waals surface area contributed by atoms with E-state index in [0.29, 0.717) is 5.13 Å². The van der Waals surface area contributed by atoms with Gasteiger partial charge in [-0.2, -0.15) is 0 Å². The molecule has 0 saturated carbocycles. The monoisotopic (exact) mass is 377 g/mol. The minimum absolute atomic E-state index is 0.0331. The van der Waals surface area contributed by atoms with Gasteiger partial charge in [-0.05, 0) is 13.0 Å². The maximum absolute atomic E-state index is 11.9. The van der Waals surface area contributed by atoms with Crippen LogP contribution in [0, 0.1) is 17.0 Å². The van der Waals surface area contributed by atoms with E-state index >= 15 is 0 Å². The quantitative estimate of drug-likeness (QED) is 0.395. The van der Waals surface area contributed by atoms with Crippen LogP contribution in [-0.4, -0.2) is 31.8 Å². The van der Waals surface area contributed by atoms with Crippen LogP contribution in [0.15, 0.2) is 39.3 Å². The van der Waals surface area contributed by atoms with E-state index in [2.05, 4.69) is 20.5 Å². The third-order valence-electron chi connectivity index (χ3n) is 2.93. The number of nitro benzene ring substituents is 1. The van der Waals surface area contributed by atoms with Crippen LogP contribution in [0.25, 0.3) is 11.5 Å². The van der Waals surface area contributed by atoms with Crippen molar-refractivity contribution in [1.82, 2.24) is 15.2 Å². The van der Waals surface area contributed by atoms with Crippen LogP contribution < -0.4 is 5.32 Å². The van der Waals surface area contributed by atoms with Crippen molar-refractivity contribution in [2.75, 3.05) is 11.1 Å². The fourth-order valence-electron chi connectivity index (χ4n) is 1.88. The highest BCUT2D eigenvalue weighted by Gasteiger charge is 2.20. The fraction of sp³-hybridized carbons (Fsp3) is 0.143. The summed E-state index contributed by atoms with van der Waals surface area (Å²) in [6.45, 7) is 1.84. The van der Waals surface area contributed by atoms with Crippen LogP contribution in [0.4, 0.5) is 10.8 Å². The summed E-state index contributed by atoms with van der Waals surface area (Å²) >= 11 is 2.38. The third-order valence-corrected chi connectivity index (χ3v) is 4.62. The smallest absolute Gasteiger partial charge is 0.282 e. The molecule has 0 radical (unpaired) electrons. The molecule has 11 heteroatoms. The van der Waals surface area contributed by atoms with Crippen LogP contribution in [0.5, 0.6) is 0 Å². The number of para-hydroxylation sites is 1. The molecule has 0 unspecified atom stereocenters. The van der Waals surface area contributed by atoms with Gasteiger partial charge < -0.3 is 9.73 Å². The Kier molecular flexibility index (Phi) is 5.05. The first-order chi connectivity index (χ1) is 12.0. The molecule has 0 spiro atoms. The highest BCUT2D eigenvalue weighted by molar-refractivity contribution is 7.99. The highest BCUT2D eigenvalue weighted by atomic mass is 32.2. The van der Waals surface area contributed by atoms with E-state index in [-0.39, 0.29) is 34.0 Å². The number of benzene rings is 1. The van der Waals surface area contributed by atoms with Crippen LogP contribution >= 0.6 is 23.1 Å². The molecular weight excluding hydrogens is 366 g/mol. The van der Waals surface area contributed by atoms with Crippen LogP contribution in [0.2, 0.25) is 0 Å². The molecule has 0 bridgehead atoms. The van der Waals surface area contributed by atoms with E-state index in [1.165, 1.54) is 23.5 Å². The summed E-state index contributed by atoms with van der Waals surface area (Å²) in [7, 11) is 0. The molecule has 3 rings (SSSR count). The molecule has 0 atom stereocenters. The summed E-state index contributed by atoms with van der Waals surface area (Å²) in [5, 5.41) is 23.8. The fourth-order valence-corrected chi connectivity index (χ4v) is 3.15. The molecule has 0 fully saturated rings. The first kappa shape index (κ1) is 17.0. The van der Waals surface area contributed by atoms with Crippen molar-refractivity contribution in [3.8, 4) is 11.5 Å². The van der Waals surface area contributed by atoms with Gasteiger partial charge in [0.15, 0.2) is 5.13 Å². The van der Waals surface area contributed by atoms with E-state index in [9.17, 15) is 14.9 Å². The number of nitrogens with zero attached hydrogens (tertiary/aromatic N) is 4. The van der Waals surface area contributed by atoms with Crippen molar-refractivity contribution in [3.05, 3.63) is 45.5 Å². The molecule has 2 heterocycles. The molecule has 0 aliphatic heterocycles. The van der Waals surface area contributed by atoms with E-state index in [1.54, 1.807) is 12.1 Å². The summed E-state index contributed by atoms with van der Waals surface area (Å²) < 4.78 is 5.41. The molecule has 2 aromatic heterocycles. The van der Waals surface area contributed by atoms with Gasteiger partial charge in [0.05, 0.1) is 16.4 Å². The Labute approximate surface area is 149 Å². The van der Waals surface area contributed by atoms with Crippen molar-refractivity contribution < 1.29 is 14.1 Å². The Balaban J connectivity index is 1.64. The van der Waals surface area contributed by atoms with Crippen molar-refractivity contribution in [1.29, 1.82) is 0 Å². The molecule has 1 aromatic carbocycles. The van der Waals surface area contributed by atoms with Gasteiger partial charge in [0.25, 0.3) is 16.8 Å². The van der Waals surface area contributed by atoms with Crippen molar-refractivity contribution in [2.24, 2.45) is 0 Å². The van der Waals surface area contributed by atoms with Crippen molar-refractivity contribution in [3.63, 3.8) is 0 Å². The average molecular weight is 377 g/mol. The summed E-state index contributed by atoms with van der Waals surface area (Å²) in [5.41, 5.74) is 0.938. The van der Waals surface area contributed by atoms with Gasteiger partial charge >= 0.3 is 0 Å². The highest BCUT2D eigenvalue weighted by Crippen LogP contribution is 2.30. The number of rotatable bonds is 6. The van der Waals surface area contributed by atoms with E-state index in [0.717, 1.165) is 17.5 Å². The molecule has 3 aromatic rings. The lowest BCUT2D eigenvalue weighted by molar-refractivity contribution is -0.384. The topological polar surface area (TPSA) is 124 Å². The second kappa shape index (κ2) is 7.40. The Morgan fingerprint density at radius 3 is 2.92 bits per heavy atom. The molecular formula is C14H11N5O4S2. The zero-order chi connectivity index (χ0) is 17.8. The van der Waals surface area contributed by atoms with Gasteiger partial charge in [0.2, 0.25) is 5.91 Å². The number of nitrogens with one attached hydrogen (secondary N) is 1. The van der Waals surface area contributed by atoms with Crippen molar-refractivity contribution >= 4 is 39.8 Å². The lowest BCUT2D eigenvalue weighted by atomic mass is 10.2. The minimum Gasteiger partial charge on any atom is -0.411 e. The summed E-state index contributed by atoms with van der Waals surface area (Å²) in [5.74, 6) is -0.174. The molecule has 25 heavy (non-hydrogen) atoms. The standard InChI is InChI=1S/C14H11N5O4S2/c1-8-6-24-13(15-8)16-11(20)7-25-14-18-17-12(23-14)9-4-2-3-5-10(9)19(21)22/h2-6H,7H2,1H3,(H,15,16,20). The summed E-state index contributed by atoms with van der Waals surface area (Å²) in [6, 6.07) is 6.08. The van der Waals surface area contributed by atoms with Gasteiger partial charge in [-0.15, -0.1) is 21.5 Å². The number of nitro groups is 1. The van der Waals surface area contributed by atoms with Gasteiger partial charge in [0.1, 0.15) is 5.56 Å². The lowest BCUT2D eigenvalue weighted by Crippen LogP contribution is -2.13. The zero-order valence-corrected chi connectivity index (χ0v) is 14.5. The Morgan fingerprint density at radius 2 is 2.20 bits per heavy atom. The average Bonchev–Trinajstić information content (AvgIpc) is 3.22. The first-order valence-electron chi connectivity index (χ1n) is 6.95. The van der Waals surface area contributed by atoms with Gasteiger partial charge in [-0.25, -0.2) is 4.98 Å². The number of carbonyl (C=O) groups is 1. The maximum atomic E-state index is 11.9. The number of aromatic nitrogens is 3. The number of anilines is 1. The third kappa shape index (κ3) is 4.19. The molecule has 0 aliphatic rings. The largest absolute Gasteiger partial charge is 0.411 e. The van der Waals surface area contributed by atoms with Crippen molar-refractivity contribution in [2.45, 2.75) is 12.1 Å². The number of carbonyl (C=O) groups excluding carboxylic acids is 1. The number of thiazole rings is 1. The van der Waals surface area contributed by atoms with E-state index in [1.807, 2.05) is 12.3 Å². The van der Waals surface area contributed by atoms with Crippen LogP contribution in [0.1, 0.15) is 5.69 Å². The zero-order valence-electron chi connectivity index (χ0n) is 12.8. The molecule has 1 N–H and O–H groups in total. The Bertz CT molecular complexity index is 923. The predicted molar refractivity (Wildman–Crippen MR) is 92.6 cm³/mol. The van der Waals surface area contributed by atoms with Gasteiger partial charge in [-0.3, -0.25) is 14.9 Å². The minimum atomic E-state index is -0.518. The molecule has 1 amide bonds. The number of thioether (sulfide) groups is 1. The summed E-state index contributed by atoms with van der Waals surface area (Å²) in [4.78, 5) is 26.5.